The van der Waals surface area contributed by atoms with E-state index >= 15 is 0 Å². The van der Waals surface area contributed by atoms with E-state index < -0.39 is 0 Å². The predicted octanol–water partition coefficient (Wildman–Crippen LogP) is 6.02. The van der Waals surface area contributed by atoms with Crippen LogP contribution >= 0.6 is 0 Å². The van der Waals surface area contributed by atoms with Gasteiger partial charge in [0, 0.05) is 51.7 Å². The third-order valence-electron chi connectivity index (χ3n) is 5.77. The topological polar surface area (TPSA) is 56.7 Å². The second-order valence-electron chi connectivity index (χ2n) is 7.35. The fourth-order valence-corrected chi connectivity index (χ4v) is 4.60. The summed E-state index contributed by atoms with van der Waals surface area (Å²) in [5.41, 5.74) is 3.64. The van der Waals surface area contributed by atoms with Crippen molar-refractivity contribution in [3.05, 3.63) is 85.5 Å². The van der Waals surface area contributed by atoms with Gasteiger partial charge in [-0.3, -0.25) is 9.55 Å². The maximum Gasteiger partial charge on any atom is 0.146 e. The second kappa shape index (κ2) is 5.64. The van der Waals surface area contributed by atoms with Crippen molar-refractivity contribution in [2.24, 2.45) is 0 Å². The minimum absolute atomic E-state index is 0.825. The number of fused-ring (bicyclic) bond motifs is 10. The molecule has 30 heavy (non-hydrogen) atoms. The van der Waals surface area contributed by atoms with Crippen molar-refractivity contribution < 1.29 is 4.42 Å². The second-order valence-corrected chi connectivity index (χ2v) is 7.35. The van der Waals surface area contributed by atoms with Gasteiger partial charge < -0.3 is 4.42 Å². The molecule has 0 aliphatic carbocycles. The van der Waals surface area contributed by atoms with Crippen molar-refractivity contribution in [2.75, 3.05) is 0 Å². The van der Waals surface area contributed by atoms with Gasteiger partial charge in [0.15, 0.2) is 0 Å². The molecule has 5 heterocycles. The Morgan fingerprint density at radius 3 is 2.47 bits per heavy atom. The van der Waals surface area contributed by atoms with Gasteiger partial charge in [-0.25, -0.2) is 9.97 Å². The van der Waals surface area contributed by atoms with Crippen LogP contribution in [0.5, 0.6) is 0 Å². The highest BCUT2D eigenvalue weighted by Gasteiger charge is 2.23. The first-order valence-electron chi connectivity index (χ1n) is 9.79. The third kappa shape index (κ3) is 1.89. The van der Waals surface area contributed by atoms with Crippen LogP contribution in [-0.4, -0.2) is 19.5 Å². The molecule has 0 amide bonds. The molecule has 0 bridgehead atoms. The molecule has 140 valence electrons. The Labute approximate surface area is 170 Å². The Bertz CT molecular complexity index is 1750. The van der Waals surface area contributed by atoms with Crippen molar-refractivity contribution in [2.45, 2.75) is 0 Å². The molecule has 0 saturated heterocycles. The first kappa shape index (κ1) is 15.6. The van der Waals surface area contributed by atoms with Crippen molar-refractivity contribution in [3.8, 4) is 5.82 Å². The summed E-state index contributed by atoms with van der Waals surface area (Å²) in [6.07, 6.45) is 7.37. The number of para-hydroxylation sites is 1. The van der Waals surface area contributed by atoms with E-state index in [1.165, 1.54) is 0 Å². The average molecular weight is 386 g/mol. The number of benzene rings is 2. The van der Waals surface area contributed by atoms with Crippen LogP contribution < -0.4 is 0 Å². The highest BCUT2D eigenvalue weighted by molar-refractivity contribution is 6.34. The van der Waals surface area contributed by atoms with E-state index in [2.05, 4.69) is 26.7 Å². The Balaban J connectivity index is 1.91. The lowest BCUT2D eigenvalue weighted by atomic mass is 10.0. The minimum atomic E-state index is 0.825. The van der Waals surface area contributed by atoms with Crippen LogP contribution in [0.2, 0.25) is 0 Å². The first-order valence-corrected chi connectivity index (χ1v) is 9.79. The summed E-state index contributed by atoms with van der Waals surface area (Å²) < 4.78 is 8.52. The van der Waals surface area contributed by atoms with E-state index in [1.54, 1.807) is 0 Å². The van der Waals surface area contributed by atoms with Gasteiger partial charge in [0.25, 0.3) is 0 Å². The summed E-state index contributed by atoms with van der Waals surface area (Å²) in [5, 5.41) is 6.44. The number of hydrogen-bond donors (Lipinski definition) is 0. The number of nitrogens with zero attached hydrogens (tertiary/aromatic N) is 4. The molecule has 5 nitrogen and oxygen atoms in total. The first-order chi connectivity index (χ1) is 14.9. The number of furan rings is 1. The Morgan fingerprint density at radius 2 is 1.53 bits per heavy atom. The van der Waals surface area contributed by atoms with Crippen molar-refractivity contribution in [1.82, 2.24) is 19.5 Å². The molecule has 0 fully saturated rings. The van der Waals surface area contributed by atoms with E-state index in [0.29, 0.717) is 0 Å². The van der Waals surface area contributed by atoms with Gasteiger partial charge >= 0.3 is 0 Å². The Hall–Kier alpha value is -4.25. The number of aromatic nitrogens is 4. The molecule has 7 rings (SSSR count). The SMILES string of the molecule is c1ccc(-n2c3ncccc3c3c4cnccc4c4oc5ccccc5c4c32)nc1. The summed E-state index contributed by atoms with van der Waals surface area (Å²) in [5.74, 6) is 0.825. The van der Waals surface area contributed by atoms with Crippen LogP contribution in [0.1, 0.15) is 0 Å². The minimum Gasteiger partial charge on any atom is -0.455 e. The van der Waals surface area contributed by atoms with Crippen LogP contribution in [0.25, 0.3) is 60.5 Å². The maximum atomic E-state index is 6.38. The zero-order valence-electron chi connectivity index (χ0n) is 15.8. The summed E-state index contributed by atoms with van der Waals surface area (Å²) >= 11 is 0. The highest BCUT2D eigenvalue weighted by atomic mass is 16.3. The van der Waals surface area contributed by atoms with E-state index in [9.17, 15) is 0 Å². The lowest BCUT2D eigenvalue weighted by molar-refractivity contribution is 0.673. The number of pyridine rings is 3. The summed E-state index contributed by atoms with van der Waals surface area (Å²) in [7, 11) is 0. The van der Waals surface area contributed by atoms with Gasteiger partial charge in [-0.2, -0.15) is 0 Å². The molecule has 5 heteroatoms. The lowest BCUT2D eigenvalue weighted by Crippen LogP contribution is -1.98. The molecule has 5 aromatic heterocycles. The van der Waals surface area contributed by atoms with Crippen LogP contribution in [0, 0.1) is 0 Å². The molecule has 2 aromatic carbocycles. The van der Waals surface area contributed by atoms with Gasteiger partial charge in [-0.15, -0.1) is 0 Å². The zero-order valence-corrected chi connectivity index (χ0v) is 15.8. The molecule has 0 radical (unpaired) electrons. The molecule has 0 N–H and O–H groups in total. The molecule has 7 aromatic rings. The van der Waals surface area contributed by atoms with Gasteiger partial charge in [0.1, 0.15) is 22.6 Å². The summed E-state index contributed by atoms with van der Waals surface area (Å²) in [6, 6.07) is 20.2. The van der Waals surface area contributed by atoms with Crippen LogP contribution in [-0.2, 0) is 0 Å². The number of hydrogen-bond acceptors (Lipinski definition) is 4. The monoisotopic (exact) mass is 386 g/mol. The molecular formula is C25H14N4O. The largest absolute Gasteiger partial charge is 0.455 e. The lowest BCUT2D eigenvalue weighted by Gasteiger charge is -2.08. The average Bonchev–Trinajstić information content (AvgIpc) is 3.36. The fraction of sp³-hybridized carbons (Fsp3) is 0. The Morgan fingerprint density at radius 1 is 0.667 bits per heavy atom. The van der Waals surface area contributed by atoms with E-state index in [4.69, 9.17) is 9.40 Å². The predicted molar refractivity (Wildman–Crippen MR) is 119 cm³/mol. The van der Waals surface area contributed by atoms with Gasteiger partial charge in [0.05, 0.1) is 10.9 Å². The molecular weight excluding hydrogens is 372 g/mol. The van der Waals surface area contributed by atoms with E-state index in [0.717, 1.165) is 60.5 Å². The third-order valence-corrected chi connectivity index (χ3v) is 5.77. The smallest absolute Gasteiger partial charge is 0.146 e. The quantitative estimate of drug-likeness (QED) is 0.346. The van der Waals surface area contributed by atoms with E-state index in [-0.39, 0.29) is 0 Å². The highest BCUT2D eigenvalue weighted by Crippen LogP contribution is 2.44. The maximum absolute atomic E-state index is 6.38. The number of rotatable bonds is 1. The summed E-state index contributed by atoms with van der Waals surface area (Å²) in [4.78, 5) is 13.8. The van der Waals surface area contributed by atoms with Crippen molar-refractivity contribution >= 4 is 54.6 Å². The molecule has 0 saturated carbocycles. The van der Waals surface area contributed by atoms with Crippen LogP contribution in [0.3, 0.4) is 0 Å². The van der Waals surface area contributed by atoms with E-state index in [1.807, 2.05) is 73.3 Å². The Kier molecular flexibility index (Phi) is 2.94. The van der Waals surface area contributed by atoms with Gasteiger partial charge in [-0.05, 0) is 36.4 Å². The van der Waals surface area contributed by atoms with Gasteiger partial charge in [-0.1, -0.05) is 24.3 Å². The molecule has 0 aliphatic rings. The zero-order chi connectivity index (χ0) is 19.7. The van der Waals surface area contributed by atoms with Crippen molar-refractivity contribution in [1.29, 1.82) is 0 Å². The van der Waals surface area contributed by atoms with Crippen LogP contribution in [0.4, 0.5) is 0 Å². The van der Waals surface area contributed by atoms with Crippen molar-refractivity contribution in [3.63, 3.8) is 0 Å². The summed E-state index contributed by atoms with van der Waals surface area (Å²) in [6.45, 7) is 0. The fourth-order valence-electron chi connectivity index (χ4n) is 4.60. The normalized spacial score (nSPS) is 12.0. The molecule has 0 unspecified atom stereocenters. The molecule has 0 spiro atoms. The standard InChI is InChI=1S/C25H14N4O/c1-2-8-19-16(6-1)22-23-21(18-14-26-13-10-15(18)24(22)30-19)17-7-5-12-28-25(17)29(23)20-9-3-4-11-27-20/h1-14H. The molecule has 0 atom stereocenters. The molecule has 0 aliphatic heterocycles. The van der Waals surface area contributed by atoms with Gasteiger partial charge in [0.2, 0.25) is 0 Å². The van der Waals surface area contributed by atoms with Crippen LogP contribution in [0.15, 0.2) is 89.9 Å².